The Balaban J connectivity index is 1.69. The van der Waals surface area contributed by atoms with Gasteiger partial charge in [0.05, 0.1) is 49.6 Å². The van der Waals surface area contributed by atoms with Crippen LogP contribution in [0.4, 0.5) is 5.69 Å². The molecule has 1 fully saturated rings. The zero-order valence-electron chi connectivity index (χ0n) is 28.4. The number of likely N-dealkylation sites (N-methyl/N-ethyl adjacent to an activating group) is 1. The van der Waals surface area contributed by atoms with Gasteiger partial charge >= 0.3 is 7.60 Å². The van der Waals surface area contributed by atoms with Gasteiger partial charge in [0.15, 0.2) is 17.2 Å². The van der Waals surface area contributed by atoms with Crippen LogP contribution in [-0.4, -0.2) is 100 Å². The van der Waals surface area contributed by atoms with Gasteiger partial charge in [-0.1, -0.05) is 25.1 Å². The minimum Gasteiger partial charge on any atom is -0.508 e. The number of nitrogens with zero attached hydrogens (tertiary/aromatic N) is 1. The molecule has 0 saturated heterocycles. The van der Waals surface area contributed by atoms with Crippen molar-refractivity contribution in [1.82, 2.24) is 4.90 Å². The second kappa shape index (κ2) is 13.5. The fraction of sp³-hybridized carbons (Fsp3) is 0.441. The topological polar surface area (TPSA) is 238 Å². The number of methoxy groups -OCH3 is 1. The van der Waals surface area contributed by atoms with Crippen molar-refractivity contribution >= 4 is 36.5 Å². The molecule has 5 rings (SSSR count). The average Bonchev–Trinajstić information content (AvgIpc) is 3.06. The monoisotopic (exact) mass is 715 g/mol. The number of fused-ring (bicyclic) bond motifs is 3. The minimum atomic E-state index is -3.98. The lowest BCUT2D eigenvalue weighted by Gasteiger charge is -2.53. The normalized spacial score (nSPS) is 27.1. The Hall–Kier alpha value is -4.24. The Morgan fingerprint density at radius 1 is 1.06 bits per heavy atom. The third kappa shape index (κ3) is 5.49. The summed E-state index contributed by atoms with van der Waals surface area (Å²) >= 11 is 0. The van der Waals surface area contributed by atoms with Crippen LogP contribution in [0.5, 0.6) is 11.5 Å². The number of benzene rings is 2. The van der Waals surface area contributed by atoms with E-state index >= 15 is 0 Å². The molecule has 3 aliphatic rings. The van der Waals surface area contributed by atoms with Gasteiger partial charge in [-0.15, -0.1) is 0 Å². The van der Waals surface area contributed by atoms with E-state index in [-0.39, 0.29) is 24.5 Å². The van der Waals surface area contributed by atoms with E-state index in [0.29, 0.717) is 16.9 Å². The van der Waals surface area contributed by atoms with E-state index in [2.05, 4.69) is 5.32 Å². The lowest BCUT2D eigenvalue weighted by Crippen LogP contribution is -2.70. The van der Waals surface area contributed by atoms with Crippen LogP contribution in [0.1, 0.15) is 49.2 Å². The number of phenols is 1. The van der Waals surface area contributed by atoms with Crippen molar-refractivity contribution in [2.24, 2.45) is 17.6 Å². The molecule has 3 aliphatic carbocycles. The van der Waals surface area contributed by atoms with Crippen LogP contribution in [0.3, 0.4) is 0 Å². The van der Waals surface area contributed by atoms with Crippen LogP contribution in [0.2, 0.25) is 0 Å². The van der Waals surface area contributed by atoms with Crippen molar-refractivity contribution in [3.05, 3.63) is 70.0 Å². The van der Waals surface area contributed by atoms with Crippen molar-refractivity contribution in [3.8, 4) is 11.5 Å². The molecular weight excluding hydrogens is 673 g/mol. The molecule has 0 spiro atoms. The van der Waals surface area contributed by atoms with Crippen molar-refractivity contribution in [1.29, 1.82) is 0 Å². The lowest BCUT2D eigenvalue weighted by molar-refractivity contribution is -0.169. The van der Waals surface area contributed by atoms with E-state index < -0.39 is 94.8 Å². The van der Waals surface area contributed by atoms with Crippen LogP contribution < -0.4 is 15.8 Å². The predicted molar refractivity (Wildman–Crippen MR) is 181 cm³/mol. The zero-order chi connectivity index (χ0) is 37.0. The van der Waals surface area contributed by atoms with Gasteiger partial charge in [0, 0.05) is 11.5 Å². The SMILES string of the molecule is CCOP(=O)(OCC)C(Nc1ccc2c(c1O)C(O)=C1C(=O)[C@]3(O)C(O)=C(C(N)=O)C(=O)[C@@H](N(C)C)[C@@H]3[C@@H](O)[C@@H]1[C@H]2C)c1ccc(OC)cc1. The zero-order valence-corrected chi connectivity index (χ0v) is 29.3. The molecule has 8 N–H and O–H groups in total. The molecule has 15 nitrogen and oxygen atoms in total. The Morgan fingerprint density at radius 3 is 2.18 bits per heavy atom. The molecule has 0 aliphatic heterocycles. The third-order valence-corrected chi connectivity index (χ3v) is 12.1. The number of phenolic OH excluding ortho intramolecular Hbond substituents is 1. The standard InChI is InChI=1S/C34H42N3O12P/c1-7-48-50(46,49-8-2)33(16-9-11-17(47-6)12-10-16)36-19-14-13-18-15(3)20-22(27(39)21(18)26(19)38)30(42)34(45)24(28(20)40)25(37(4)5)29(41)23(31(34)43)32(35)44/h9-15,20,24-25,28,33,36,38-40,43,45H,7-8H2,1-6H3,(H2,35,44)/t15-,20+,24+,25-,28-,33?,34-/m0/s1. The largest absolute Gasteiger partial charge is 0.508 e. The van der Waals surface area contributed by atoms with Crippen LogP contribution >= 0.6 is 7.60 Å². The Kier molecular flexibility index (Phi) is 9.98. The molecular formula is C34H42N3O12P. The number of nitrogens with one attached hydrogen (secondary N) is 1. The first-order chi connectivity index (χ1) is 23.5. The number of ether oxygens (including phenoxy) is 1. The first-order valence-electron chi connectivity index (χ1n) is 16.0. The number of amides is 1. The number of carbonyl (C=O) groups excluding carboxylic acids is 3. The first-order valence-corrected chi connectivity index (χ1v) is 17.6. The Morgan fingerprint density at radius 2 is 1.66 bits per heavy atom. The quantitative estimate of drug-likeness (QED) is 0.101. The van der Waals surface area contributed by atoms with E-state index in [9.17, 15) is 44.5 Å². The van der Waals surface area contributed by atoms with Crippen LogP contribution in [-0.2, 0) is 28.0 Å². The van der Waals surface area contributed by atoms with Gasteiger partial charge in [-0.05, 0) is 63.2 Å². The van der Waals surface area contributed by atoms with Gasteiger partial charge in [-0.2, -0.15) is 0 Å². The van der Waals surface area contributed by atoms with Crippen molar-refractivity contribution in [3.63, 3.8) is 0 Å². The second-order valence-electron chi connectivity index (χ2n) is 12.7. The van der Waals surface area contributed by atoms with E-state index in [0.717, 1.165) is 0 Å². The molecule has 7 atom stereocenters. The molecule has 1 unspecified atom stereocenters. The Labute approximate surface area is 288 Å². The summed E-state index contributed by atoms with van der Waals surface area (Å²) < 4.78 is 30.7. The van der Waals surface area contributed by atoms with Crippen molar-refractivity contribution in [2.45, 2.75) is 50.2 Å². The maximum absolute atomic E-state index is 14.3. The Bertz CT molecular complexity index is 1830. The molecule has 2 aromatic rings. The molecule has 0 aromatic heterocycles. The highest BCUT2D eigenvalue weighted by Gasteiger charge is 2.68. The molecule has 50 heavy (non-hydrogen) atoms. The van der Waals surface area contributed by atoms with Gasteiger partial charge in [-0.25, -0.2) is 0 Å². The second-order valence-corrected chi connectivity index (χ2v) is 14.8. The van der Waals surface area contributed by atoms with E-state index in [1.54, 1.807) is 51.1 Å². The van der Waals surface area contributed by atoms with E-state index in [1.807, 2.05) is 0 Å². The van der Waals surface area contributed by atoms with Gasteiger partial charge in [0.25, 0.3) is 5.91 Å². The number of anilines is 1. The van der Waals surface area contributed by atoms with Gasteiger partial charge < -0.3 is 50.4 Å². The maximum Gasteiger partial charge on any atom is 0.357 e. The number of aromatic hydroxyl groups is 1. The number of ketones is 2. The van der Waals surface area contributed by atoms with E-state index in [1.165, 1.54) is 32.2 Å². The molecule has 0 heterocycles. The van der Waals surface area contributed by atoms with Gasteiger partial charge in [-0.3, -0.25) is 23.8 Å². The summed E-state index contributed by atoms with van der Waals surface area (Å²) in [6, 6.07) is 8.11. The molecule has 0 radical (unpaired) electrons. The number of carbonyl (C=O) groups is 3. The van der Waals surface area contributed by atoms with Gasteiger partial charge in [0.1, 0.15) is 28.6 Å². The van der Waals surface area contributed by atoms with Gasteiger partial charge in [0.2, 0.25) is 5.78 Å². The van der Waals surface area contributed by atoms with Crippen LogP contribution in [0.15, 0.2) is 53.3 Å². The van der Waals surface area contributed by atoms with Crippen LogP contribution in [0, 0.1) is 11.8 Å². The number of Topliss-reactive ketones (excluding diaryl/α,β-unsaturated/α-hetero) is 2. The predicted octanol–water partition coefficient (Wildman–Crippen LogP) is 2.88. The number of aliphatic hydroxyl groups excluding tert-OH is 3. The molecule has 2 aromatic carbocycles. The lowest BCUT2D eigenvalue weighted by atomic mass is 9.54. The first kappa shape index (κ1) is 37.0. The highest BCUT2D eigenvalue weighted by atomic mass is 31.2. The maximum atomic E-state index is 14.3. The summed E-state index contributed by atoms with van der Waals surface area (Å²) in [7, 11) is 0.380. The summed E-state index contributed by atoms with van der Waals surface area (Å²) in [6.45, 7) is 4.97. The molecule has 270 valence electrons. The van der Waals surface area contributed by atoms with E-state index in [4.69, 9.17) is 19.5 Å². The average molecular weight is 716 g/mol. The fourth-order valence-electron chi connectivity index (χ4n) is 7.56. The minimum absolute atomic E-state index is 0.0287. The number of hydrogen-bond donors (Lipinski definition) is 7. The third-order valence-electron chi connectivity index (χ3n) is 9.79. The summed E-state index contributed by atoms with van der Waals surface area (Å²) in [4.78, 5) is 41.3. The summed E-state index contributed by atoms with van der Waals surface area (Å²) in [5.74, 6) is -10.7. The molecule has 16 heteroatoms. The molecule has 1 saturated carbocycles. The summed E-state index contributed by atoms with van der Waals surface area (Å²) in [6.07, 6.45) is -1.73. The van der Waals surface area contributed by atoms with Crippen molar-refractivity contribution < 1.29 is 58.3 Å². The number of rotatable bonds is 11. The van der Waals surface area contributed by atoms with Crippen LogP contribution in [0.25, 0.3) is 5.76 Å². The molecule has 1 amide bonds. The van der Waals surface area contributed by atoms with Crippen molar-refractivity contribution in [2.75, 3.05) is 39.7 Å². The number of primary amides is 1. The fourth-order valence-corrected chi connectivity index (χ4v) is 9.48. The number of nitrogens with two attached hydrogens (primary N) is 1. The smallest absolute Gasteiger partial charge is 0.357 e. The number of aliphatic hydroxyl groups is 4. The molecule has 0 bridgehead atoms. The highest BCUT2D eigenvalue weighted by molar-refractivity contribution is 7.54. The highest BCUT2D eigenvalue weighted by Crippen LogP contribution is 2.62. The summed E-state index contributed by atoms with van der Waals surface area (Å²) in [5.41, 5.74) is 1.27. The number of hydrogen-bond acceptors (Lipinski definition) is 14. The summed E-state index contributed by atoms with van der Waals surface area (Å²) in [5, 5.41) is 61.4.